The predicted molar refractivity (Wildman–Crippen MR) is 64.3 cm³/mol. The maximum atomic E-state index is 11.8. The van der Waals surface area contributed by atoms with E-state index in [1.807, 2.05) is 6.07 Å². The molecule has 16 heavy (non-hydrogen) atoms. The van der Waals surface area contributed by atoms with Gasteiger partial charge in [0.15, 0.2) is 0 Å². The highest BCUT2D eigenvalue weighted by Gasteiger charge is 2.12. The van der Waals surface area contributed by atoms with Gasteiger partial charge in [-0.25, -0.2) is 0 Å². The van der Waals surface area contributed by atoms with Crippen LogP contribution in [-0.4, -0.2) is 35.9 Å². The summed E-state index contributed by atoms with van der Waals surface area (Å²) in [6, 6.07) is 3.71. The van der Waals surface area contributed by atoms with Gasteiger partial charge in [-0.3, -0.25) is 9.78 Å². The largest absolute Gasteiger partial charge is 0.339 e. The fourth-order valence-corrected chi connectivity index (χ4v) is 1.36. The van der Waals surface area contributed by atoms with E-state index in [4.69, 9.17) is 5.73 Å². The molecule has 1 aromatic heterocycles. The molecule has 4 heteroatoms. The topological polar surface area (TPSA) is 59.2 Å². The summed E-state index contributed by atoms with van der Waals surface area (Å²) in [4.78, 5) is 17.6. The molecule has 0 aliphatic carbocycles. The fourth-order valence-electron chi connectivity index (χ4n) is 1.36. The molecule has 4 nitrogen and oxygen atoms in total. The van der Waals surface area contributed by atoms with Crippen LogP contribution in [0.15, 0.2) is 18.3 Å². The van der Waals surface area contributed by atoms with E-state index in [2.05, 4.69) is 18.8 Å². The Balaban J connectivity index is 2.77. The summed E-state index contributed by atoms with van der Waals surface area (Å²) in [7, 11) is 1.73. The first-order chi connectivity index (χ1) is 7.56. The molecule has 2 N–H and O–H groups in total. The third-order valence-corrected chi connectivity index (χ3v) is 2.48. The van der Waals surface area contributed by atoms with Crippen LogP contribution < -0.4 is 5.73 Å². The van der Waals surface area contributed by atoms with Crippen LogP contribution in [0.1, 0.15) is 35.8 Å². The lowest BCUT2D eigenvalue weighted by Crippen LogP contribution is -2.32. The third kappa shape index (κ3) is 3.03. The van der Waals surface area contributed by atoms with Crippen molar-refractivity contribution in [3.8, 4) is 0 Å². The zero-order valence-electron chi connectivity index (χ0n) is 10.1. The number of hydrogen-bond donors (Lipinski definition) is 1. The van der Waals surface area contributed by atoms with Gasteiger partial charge in [0.25, 0.3) is 5.91 Å². The zero-order valence-corrected chi connectivity index (χ0v) is 10.1. The molecular formula is C12H19N3O. The van der Waals surface area contributed by atoms with Crippen molar-refractivity contribution < 1.29 is 4.79 Å². The van der Waals surface area contributed by atoms with Gasteiger partial charge in [0.1, 0.15) is 5.69 Å². The summed E-state index contributed by atoms with van der Waals surface area (Å²) in [5.41, 5.74) is 7.00. The highest BCUT2D eigenvalue weighted by atomic mass is 16.2. The molecule has 0 spiro atoms. The summed E-state index contributed by atoms with van der Waals surface area (Å²) >= 11 is 0. The Kier molecular flexibility index (Phi) is 4.43. The molecular weight excluding hydrogens is 202 g/mol. The Labute approximate surface area is 96.5 Å². The molecule has 0 saturated heterocycles. The first-order valence-electron chi connectivity index (χ1n) is 5.47. The number of pyridine rings is 1. The van der Waals surface area contributed by atoms with Gasteiger partial charge >= 0.3 is 0 Å². The Morgan fingerprint density at radius 2 is 2.19 bits per heavy atom. The standard InChI is InChI=1S/C12H19N3O/c1-9(2)10-4-5-11(14-8-10)12(16)15(3)7-6-13/h4-5,8-9H,6-7,13H2,1-3H3. The van der Waals surface area contributed by atoms with Crippen LogP contribution in [0.4, 0.5) is 0 Å². The normalized spacial score (nSPS) is 10.6. The lowest BCUT2D eigenvalue weighted by atomic mass is 10.1. The van der Waals surface area contributed by atoms with Crippen molar-refractivity contribution in [3.63, 3.8) is 0 Å². The van der Waals surface area contributed by atoms with E-state index in [0.717, 1.165) is 5.56 Å². The highest BCUT2D eigenvalue weighted by molar-refractivity contribution is 5.92. The molecule has 88 valence electrons. The predicted octanol–water partition coefficient (Wildman–Crippen LogP) is 1.24. The number of aromatic nitrogens is 1. The Morgan fingerprint density at radius 3 is 2.62 bits per heavy atom. The molecule has 0 radical (unpaired) electrons. The quantitative estimate of drug-likeness (QED) is 0.832. The van der Waals surface area contributed by atoms with Crippen LogP contribution in [0.5, 0.6) is 0 Å². The average Bonchev–Trinajstić information content (AvgIpc) is 2.28. The van der Waals surface area contributed by atoms with Gasteiger partial charge in [-0.1, -0.05) is 19.9 Å². The molecule has 1 aromatic rings. The number of carbonyl (C=O) groups excluding carboxylic acids is 1. The average molecular weight is 221 g/mol. The molecule has 0 saturated carbocycles. The first kappa shape index (κ1) is 12.6. The van der Waals surface area contributed by atoms with E-state index in [1.54, 1.807) is 24.2 Å². The summed E-state index contributed by atoms with van der Waals surface area (Å²) in [5.74, 6) is 0.346. The van der Waals surface area contributed by atoms with Crippen LogP contribution in [0.3, 0.4) is 0 Å². The summed E-state index contributed by atoms with van der Waals surface area (Å²) < 4.78 is 0. The second-order valence-corrected chi connectivity index (χ2v) is 4.15. The Bertz CT molecular complexity index is 346. The van der Waals surface area contributed by atoms with Gasteiger partial charge in [-0.2, -0.15) is 0 Å². The molecule has 0 aromatic carbocycles. The monoisotopic (exact) mass is 221 g/mol. The second-order valence-electron chi connectivity index (χ2n) is 4.15. The third-order valence-electron chi connectivity index (χ3n) is 2.48. The molecule has 0 unspecified atom stereocenters. The number of nitrogens with two attached hydrogens (primary N) is 1. The van der Waals surface area contributed by atoms with Crippen molar-refractivity contribution in [2.45, 2.75) is 19.8 Å². The minimum absolute atomic E-state index is 0.0826. The lowest BCUT2D eigenvalue weighted by molar-refractivity contribution is 0.0793. The van der Waals surface area contributed by atoms with Gasteiger partial charge in [0.05, 0.1) is 0 Å². The van der Waals surface area contributed by atoms with Crippen molar-refractivity contribution in [2.24, 2.45) is 5.73 Å². The lowest BCUT2D eigenvalue weighted by Gasteiger charge is -2.15. The fraction of sp³-hybridized carbons (Fsp3) is 0.500. The SMILES string of the molecule is CC(C)c1ccc(C(=O)N(C)CCN)nc1. The van der Waals surface area contributed by atoms with E-state index < -0.39 is 0 Å². The van der Waals surface area contributed by atoms with Crippen molar-refractivity contribution in [1.82, 2.24) is 9.88 Å². The van der Waals surface area contributed by atoms with Crippen molar-refractivity contribution in [1.29, 1.82) is 0 Å². The van der Waals surface area contributed by atoms with Crippen molar-refractivity contribution in [2.75, 3.05) is 20.1 Å². The number of rotatable bonds is 4. The van der Waals surface area contributed by atoms with Crippen molar-refractivity contribution >= 4 is 5.91 Å². The number of hydrogen-bond acceptors (Lipinski definition) is 3. The Morgan fingerprint density at radius 1 is 1.50 bits per heavy atom. The number of nitrogens with zero attached hydrogens (tertiary/aromatic N) is 2. The molecule has 0 bridgehead atoms. The number of amides is 1. The molecule has 1 amide bonds. The van der Waals surface area contributed by atoms with E-state index in [1.165, 1.54) is 0 Å². The van der Waals surface area contributed by atoms with Crippen LogP contribution in [-0.2, 0) is 0 Å². The summed E-state index contributed by atoms with van der Waals surface area (Å²) in [6.07, 6.45) is 1.76. The van der Waals surface area contributed by atoms with Crippen LogP contribution in [0.2, 0.25) is 0 Å². The first-order valence-corrected chi connectivity index (χ1v) is 5.47. The van der Waals surface area contributed by atoms with Gasteiger partial charge in [0, 0.05) is 26.3 Å². The highest BCUT2D eigenvalue weighted by Crippen LogP contribution is 2.13. The number of likely N-dealkylation sites (N-methyl/N-ethyl adjacent to an activating group) is 1. The van der Waals surface area contributed by atoms with Crippen LogP contribution in [0.25, 0.3) is 0 Å². The van der Waals surface area contributed by atoms with Gasteiger partial charge < -0.3 is 10.6 Å². The zero-order chi connectivity index (χ0) is 12.1. The maximum absolute atomic E-state index is 11.8. The molecule has 0 aliphatic rings. The smallest absolute Gasteiger partial charge is 0.272 e. The number of carbonyl (C=O) groups is 1. The molecule has 0 fully saturated rings. The Hall–Kier alpha value is -1.42. The van der Waals surface area contributed by atoms with Crippen LogP contribution in [0, 0.1) is 0 Å². The minimum atomic E-state index is -0.0826. The minimum Gasteiger partial charge on any atom is -0.339 e. The van der Waals surface area contributed by atoms with Crippen molar-refractivity contribution in [3.05, 3.63) is 29.6 Å². The summed E-state index contributed by atoms with van der Waals surface area (Å²) in [6.45, 7) is 5.21. The molecule has 0 atom stereocenters. The van der Waals surface area contributed by atoms with Gasteiger partial charge in [-0.15, -0.1) is 0 Å². The van der Waals surface area contributed by atoms with Gasteiger partial charge in [-0.05, 0) is 17.5 Å². The van der Waals surface area contributed by atoms with E-state index >= 15 is 0 Å². The van der Waals surface area contributed by atoms with Gasteiger partial charge in [0.2, 0.25) is 0 Å². The van der Waals surface area contributed by atoms with E-state index in [9.17, 15) is 4.79 Å². The van der Waals surface area contributed by atoms with E-state index in [-0.39, 0.29) is 5.91 Å². The molecule has 1 heterocycles. The molecule has 1 rings (SSSR count). The second kappa shape index (κ2) is 5.61. The van der Waals surface area contributed by atoms with E-state index in [0.29, 0.717) is 24.7 Å². The molecule has 0 aliphatic heterocycles. The maximum Gasteiger partial charge on any atom is 0.272 e. The summed E-state index contributed by atoms with van der Waals surface area (Å²) in [5, 5.41) is 0. The van der Waals surface area contributed by atoms with Crippen LogP contribution >= 0.6 is 0 Å².